The molecule has 38 heavy (non-hydrogen) atoms. The van der Waals surface area contributed by atoms with Gasteiger partial charge in [-0.1, -0.05) is 6.07 Å². The molecule has 1 fully saturated rings. The molecule has 1 aliphatic rings. The highest BCUT2D eigenvalue weighted by molar-refractivity contribution is 7.92. The standard InChI is InChI=1S/C26H32N8O3S/c1-33(38(2,35)36)24-20(4-3-11-29-24)18-34-14-9-19-16-30-26(32-25(19)34)31-21-5-7-23(8-6-21)37-15-10-22-17-27-12-13-28-22/h3-9,11,14,16,22,27-28H,10,12-13,15,17-18H2,1-2H3,(H,30,31,32). The van der Waals surface area contributed by atoms with Crippen molar-refractivity contribution in [3.8, 4) is 5.75 Å². The van der Waals surface area contributed by atoms with Crippen LogP contribution in [0.5, 0.6) is 5.75 Å². The fourth-order valence-electron chi connectivity index (χ4n) is 4.34. The summed E-state index contributed by atoms with van der Waals surface area (Å²) in [6.07, 6.45) is 7.36. The monoisotopic (exact) mass is 536 g/mol. The SMILES string of the molecule is CN(c1ncccc1Cn1ccc2cnc(Nc3ccc(OCCC4CNCCN4)cc3)nc21)S(C)(=O)=O. The molecule has 12 heteroatoms. The van der Waals surface area contributed by atoms with E-state index in [0.717, 1.165) is 60.3 Å². The van der Waals surface area contributed by atoms with Crippen molar-refractivity contribution in [3.05, 3.63) is 66.6 Å². The summed E-state index contributed by atoms with van der Waals surface area (Å²) in [6, 6.07) is 13.8. The first-order valence-corrected chi connectivity index (χ1v) is 14.4. The van der Waals surface area contributed by atoms with Crippen LogP contribution in [0, 0.1) is 0 Å². The number of hydrogen-bond acceptors (Lipinski definition) is 9. The van der Waals surface area contributed by atoms with Gasteiger partial charge in [0.1, 0.15) is 17.2 Å². The first-order chi connectivity index (χ1) is 18.4. The van der Waals surface area contributed by atoms with Gasteiger partial charge in [-0.2, -0.15) is 4.98 Å². The normalized spacial score (nSPS) is 15.9. The number of nitrogens with one attached hydrogen (secondary N) is 3. The predicted octanol–water partition coefficient (Wildman–Crippen LogP) is 2.34. The first-order valence-electron chi connectivity index (χ1n) is 12.5. The van der Waals surface area contributed by atoms with Gasteiger partial charge in [-0.05, 0) is 42.8 Å². The molecular formula is C26H32N8O3S. The smallest absolute Gasteiger partial charge is 0.233 e. The molecule has 5 rings (SSSR count). The third kappa shape index (κ3) is 6.21. The fourth-order valence-corrected chi connectivity index (χ4v) is 4.81. The van der Waals surface area contributed by atoms with E-state index in [1.54, 1.807) is 18.5 Å². The number of hydrogen-bond donors (Lipinski definition) is 3. The summed E-state index contributed by atoms with van der Waals surface area (Å²) in [5, 5.41) is 11.0. The molecule has 1 atom stereocenters. The minimum absolute atomic E-state index is 0.387. The number of fused-ring (bicyclic) bond motifs is 1. The zero-order valence-electron chi connectivity index (χ0n) is 21.5. The summed E-state index contributed by atoms with van der Waals surface area (Å²) in [4.78, 5) is 13.5. The Morgan fingerprint density at radius 2 is 2.00 bits per heavy atom. The lowest BCUT2D eigenvalue weighted by atomic mass is 10.2. The van der Waals surface area contributed by atoms with E-state index in [9.17, 15) is 8.42 Å². The van der Waals surface area contributed by atoms with E-state index < -0.39 is 10.0 Å². The largest absolute Gasteiger partial charge is 0.494 e. The molecule has 1 saturated heterocycles. The van der Waals surface area contributed by atoms with Gasteiger partial charge in [0.2, 0.25) is 16.0 Å². The Bertz CT molecular complexity index is 1480. The average molecular weight is 537 g/mol. The van der Waals surface area contributed by atoms with Gasteiger partial charge in [-0.3, -0.25) is 4.31 Å². The van der Waals surface area contributed by atoms with Gasteiger partial charge in [-0.25, -0.2) is 18.4 Å². The number of benzene rings is 1. The number of nitrogens with zero attached hydrogens (tertiary/aromatic N) is 5. The van der Waals surface area contributed by atoms with Crippen molar-refractivity contribution in [2.45, 2.75) is 19.0 Å². The zero-order chi connectivity index (χ0) is 26.5. The second-order valence-electron chi connectivity index (χ2n) is 9.27. The lowest BCUT2D eigenvalue weighted by Gasteiger charge is -2.24. The van der Waals surface area contributed by atoms with Crippen LogP contribution in [0.15, 0.2) is 61.1 Å². The molecule has 200 valence electrons. The number of anilines is 3. The van der Waals surface area contributed by atoms with Crippen LogP contribution in [0.2, 0.25) is 0 Å². The summed E-state index contributed by atoms with van der Waals surface area (Å²) in [5.74, 6) is 1.66. The van der Waals surface area contributed by atoms with Crippen LogP contribution in [0.1, 0.15) is 12.0 Å². The molecular weight excluding hydrogens is 504 g/mol. The second kappa shape index (κ2) is 11.3. The lowest BCUT2D eigenvalue weighted by molar-refractivity contribution is 0.273. The number of aromatic nitrogens is 4. The molecule has 3 aromatic heterocycles. The van der Waals surface area contributed by atoms with Gasteiger partial charge >= 0.3 is 0 Å². The molecule has 1 unspecified atom stereocenters. The summed E-state index contributed by atoms with van der Waals surface area (Å²) in [6.45, 7) is 4.04. The molecule has 0 aliphatic carbocycles. The lowest BCUT2D eigenvalue weighted by Crippen LogP contribution is -2.48. The van der Waals surface area contributed by atoms with Crippen molar-refractivity contribution in [3.63, 3.8) is 0 Å². The van der Waals surface area contributed by atoms with Crippen molar-refractivity contribution in [2.75, 3.05) is 49.2 Å². The Balaban J connectivity index is 1.26. The van der Waals surface area contributed by atoms with E-state index in [1.807, 2.05) is 47.2 Å². The maximum atomic E-state index is 12.1. The third-order valence-corrected chi connectivity index (χ3v) is 7.64. The Hall–Kier alpha value is -3.74. The molecule has 0 radical (unpaired) electrons. The first kappa shape index (κ1) is 25.9. The average Bonchev–Trinajstić information content (AvgIpc) is 3.31. The maximum absolute atomic E-state index is 12.1. The van der Waals surface area contributed by atoms with Crippen molar-refractivity contribution in [1.29, 1.82) is 0 Å². The molecule has 1 aromatic carbocycles. The molecule has 3 N–H and O–H groups in total. The minimum atomic E-state index is -3.44. The van der Waals surface area contributed by atoms with Crippen LogP contribution in [0.4, 0.5) is 17.5 Å². The van der Waals surface area contributed by atoms with Crippen LogP contribution in [0.25, 0.3) is 11.0 Å². The Labute approximate surface area is 222 Å². The highest BCUT2D eigenvalue weighted by Crippen LogP contribution is 2.24. The molecule has 4 heterocycles. The van der Waals surface area contributed by atoms with Gasteiger partial charge in [-0.15, -0.1) is 0 Å². The summed E-state index contributed by atoms with van der Waals surface area (Å²) < 4.78 is 33.2. The van der Waals surface area contributed by atoms with Crippen LogP contribution in [-0.2, 0) is 16.6 Å². The molecule has 0 bridgehead atoms. The van der Waals surface area contributed by atoms with E-state index in [1.165, 1.54) is 11.4 Å². The molecule has 11 nitrogen and oxygen atoms in total. The van der Waals surface area contributed by atoms with E-state index >= 15 is 0 Å². The fraction of sp³-hybridized carbons (Fsp3) is 0.346. The Morgan fingerprint density at radius 1 is 1.16 bits per heavy atom. The topological polar surface area (TPSA) is 126 Å². The minimum Gasteiger partial charge on any atom is -0.494 e. The Kier molecular flexibility index (Phi) is 7.72. The van der Waals surface area contributed by atoms with Gasteiger partial charge in [0.15, 0.2) is 0 Å². The quantitative estimate of drug-likeness (QED) is 0.280. The van der Waals surface area contributed by atoms with Gasteiger partial charge < -0.3 is 25.3 Å². The third-order valence-electron chi connectivity index (χ3n) is 6.48. The number of sulfonamides is 1. The molecule has 4 aromatic rings. The molecule has 0 saturated carbocycles. The van der Waals surface area contributed by atoms with Crippen molar-refractivity contribution < 1.29 is 13.2 Å². The molecule has 0 amide bonds. The van der Waals surface area contributed by atoms with Gasteiger partial charge in [0.25, 0.3) is 0 Å². The number of piperazine rings is 1. The van der Waals surface area contributed by atoms with Crippen LogP contribution in [-0.4, -0.2) is 73.5 Å². The maximum Gasteiger partial charge on any atom is 0.233 e. The molecule has 1 aliphatic heterocycles. The van der Waals surface area contributed by atoms with Crippen LogP contribution in [0.3, 0.4) is 0 Å². The number of ether oxygens (including phenoxy) is 1. The van der Waals surface area contributed by atoms with Crippen molar-refractivity contribution in [2.24, 2.45) is 0 Å². The second-order valence-corrected chi connectivity index (χ2v) is 11.3. The Morgan fingerprint density at radius 3 is 2.76 bits per heavy atom. The predicted molar refractivity (Wildman–Crippen MR) is 149 cm³/mol. The summed E-state index contributed by atoms with van der Waals surface area (Å²) in [7, 11) is -1.94. The summed E-state index contributed by atoms with van der Waals surface area (Å²) in [5.41, 5.74) is 2.33. The van der Waals surface area contributed by atoms with E-state index in [-0.39, 0.29) is 0 Å². The van der Waals surface area contributed by atoms with Crippen molar-refractivity contribution in [1.82, 2.24) is 30.2 Å². The number of rotatable bonds is 10. The van der Waals surface area contributed by atoms with Crippen molar-refractivity contribution >= 4 is 38.5 Å². The van der Waals surface area contributed by atoms with Crippen LogP contribution < -0.4 is 25.0 Å². The van der Waals surface area contributed by atoms with E-state index in [4.69, 9.17) is 9.72 Å². The van der Waals surface area contributed by atoms with E-state index in [0.29, 0.717) is 31.0 Å². The van der Waals surface area contributed by atoms with Crippen LogP contribution >= 0.6 is 0 Å². The van der Waals surface area contributed by atoms with E-state index in [2.05, 4.69) is 25.9 Å². The molecule has 0 spiro atoms. The zero-order valence-corrected chi connectivity index (χ0v) is 22.3. The highest BCUT2D eigenvalue weighted by atomic mass is 32.2. The van der Waals surface area contributed by atoms with Gasteiger partial charge in [0.05, 0.1) is 19.4 Å². The highest BCUT2D eigenvalue weighted by Gasteiger charge is 2.18. The summed E-state index contributed by atoms with van der Waals surface area (Å²) >= 11 is 0. The van der Waals surface area contributed by atoms with Gasteiger partial charge in [0, 0.05) is 68.0 Å². The number of pyridine rings is 1.